The lowest BCUT2D eigenvalue weighted by atomic mass is 10.1. The van der Waals surface area contributed by atoms with Gasteiger partial charge in [-0.2, -0.15) is 13.2 Å². The third-order valence-corrected chi connectivity index (χ3v) is 5.20. The summed E-state index contributed by atoms with van der Waals surface area (Å²) in [6.45, 7) is -0.303. The summed E-state index contributed by atoms with van der Waals surface area (Å²) < 4.78 is 64.1. The summed E-state index contributed by atoms with van der Waals surface area (Å²) in [6, 6.07) is 13.0. The number of halogens is 4. The van der Waals surface area contributed by atoms with E-state index in [1.54, 1.807) is 43.4 Å². The SMILES string of the molecule is CN=C(NCCc1ccc(S(C)(=O)=O)cc1)NCc1ccc(OCC(F)(F)F)cc1.I. The molecule has 0 aromatic heterocycles. The van der Waals surface area contributed by atoms with E-state index in [0.29, 0.717) is 25.5 Å². The van der Waals surface area contributed by atoms with Crippen LogP contribution in [0.2, 0.25) is 0 Å². The Labute approximate surface area is 197 Å². The van der Waals surface area contributed by atoms with E-state index >= 15 is 0 Å². The largest absolute Gasteiger partial charge is 0.484 e. The van der Waals surface area contributed by atoms with E-state index in [-0.39, 0.29) is 34.6 Å². The topological polar surface area (TPSA) is 79.8 Å². The normalized spacial score (nSPS) is 12.1. The third-order valence-electron chi connectivity index (χ3n) is 4.07. The molecular weight excluding hydrogens is 546 g/mol. The first-order chi connectivity index (χ1) is 14.1. The molecule has 0 amide bonds. The number of nitrogens with zero attached hydrogens (tertiary/aromatic N) is 1. The Morgan fingerprint density at radius 1 is 1.00 bits per heavy atom. The van der Waals surface area contributed by atoms with Gasteiger partial charge in [-0.1, -0.05) is 24.3 Å². The van der Waals surface area contributed by atoms with Crippen molar-refractivity contribution in [2.75, 3.05) is 26.5 Å². The second kappa shape index (κ2) is 12.1. The van der Waals surface area contributed by atoms with Crippen molar-refractivity contribution in [1.82, 2.24) is 10.6 Å². The van der Waals surface area contributed by atoms with Gasteiger partial charge in [0.2, 0.25) is 0 Å². The molecule has 0 saturated heterocycles. The summed E-state index contributed by atoms with van der Waals surface area (Å²) >= 11 is 0. The molecule has 0 spiro atoms. The van der Waals surface area contributed by atoms with Gasteiger partial charge in [0.15, 0.2) is 22.4 Å². The Balaban J connectivity index is 0.00000480. The van der Waals surface area contributed by atoms with Gasteiger partial charge >= 0.3 is 6.18 Å². The second-order valence-corrected chi connectivity index (χ2v) is 8.58. The number of sulfone groups is 1. The number of ether oxygens (including phenoxy) is 1. The van der Waals surface area contributed by atoms with Crippen molar-refractivity contribution in [2.24, 2.45) is 4.99 Å². The van der Waals surface area contributed by atoms with Crippen molar-refractivity contribution in [1.29, 1.82) is 0 Å². The van der Waals surface area contributed by atoms with Crippen molar-refractivity contribution >= 4 is 39.8 Å². The van der Waals surface area contributed by atoms with E-state index in [1.165, 1.54) is 18.4 Å². The van der Waals surface area contributed by atoms with Gasteiger partial charge in [0.25, 0.3) is 0 Å². The van der Waals surface area contributed by atoms with Crippen LogP contribution in [-0.4, -0.2) is 47.0 Å². The lowest BCUT2D eigenvalue weighted by Crippen LogP contribution is -2.37. The molecule has 0 atom stereocenters. The van der Waals surface area contributed by atoms with Crippen LogP contribution in [0.25, 0.3) is 0 Å². The standard InChI is InChI=1S/C20H24F3N3O3S.HI/c1-24-19(25-12-11-15-5-9-18(10-6-15)30(2,27)28)26-13-16-3-7-17(8-4-16)29-14-20(21,22)23;/h3-10H,11-14H2,1-2H3,(H2,24,25,26);1H. The summed E-state index contributed by atoms with van der Waals surface area (Å²) in [6.07, 6.45) is -2.52. The molecule has 2 aromatic carbocycles. The minimum absolute atomic E-state index is 0. The van der Waals surface area contributed by atoms with E-state index in [4.69, 9.17) is 0 Å². The van der Waals surface area contributed by atoms with Crippen molar-refractivity contribution in [2.45, 2.75) is 24.0 Å². The monoisotopic (exact) mass is 571 g/mol. The fourth-order valence-corrected chi connectivity index (χ4v) is 3.13. The fourth-order valence-electron chi connectivity index (χ4n) is 2.50. The van der Waals surface area contributed by atoms with Gasteiger partial charge in [-0.25, -0.2) is 8.42 Å². The minimum atomic E-state index is -4.37. The summed E-state index contributed by atoms with van der Waals surface area (Å²) in [7, 11) is -1.58. The molecule has 11 heteroatoms. The summed E-state index contributed by atoms with van der Waals surface area (Å²) in [5.74, 6) is 0.723. The molecule has 0 fully saturated rings. The first-order valence-corrected chi connectivity index (χ1v) is 11.0. The van der Waals surface area contributed by atoms with Crippen molar-refractivity contribution in [3.63, 3.8) is 0 Å². The van der Waals surface area contributed by atoms with E-state index in [1.807, 2.05) is 0 Å². The molecule has 2 N–H and O–H groups in total. The highest BCUT2D eigenvalue weighted by Gasteiger charge is 2.28. The average Bonchev–Trinajstić information content (AvgIpc) is 2.69. The predicted octanol–water partition coefficient (Wildman–Crippen LogP) is 3.56. The first-order valence-electron chi connectivity index (χ1n) is 9.09. The van der Waals surface area contributed by atoms with Gasteiger partial charge in [-0.05, 0) is 41.8 Å². The summed E-state index contributed by atoms with van der Waals surface area (Å²) in [4.78, 5) is 4.40. The van der Waals surface area contributed by atoms with Crippen LogP contribution in [0.15, 0.2) is 58.4 Å². The Bertz CT molecular complexity index is 948. The Morgan fingerprint density at radius 2 is 1.58 bits per heavy atom. The molecule has 2 rings (SSSR count). The van der Waals surface area contributed by atoms with Crippen LogP contribution in [0.3, 0.4) is 0 Å². The smallest absolute Gasteiger partial charge is 0.422 e. The van der Waals surface area contributed by atoms with E-state index < -0.39 is 22.6 Å². The Kier molecular flexibility index (Phi) is 10.6. The quantitative estimate of drug-likeness (QED) is 0.288. The number of nitrogens with one attached hydrogen (secondary N) is 2. The maximum atomic E-state index is 12.2. The molecule has 31 heavy (non-hydrogen) atoms. The number of benzene rings is 2. The van der Waals surface area contributed by atoms with Crippen LogP contribution in [0.1, 0.15) is 11.1 Å². The number of rotatable bonds is 8. The maximum Gasteiger partial charge on any atom is 0.422 e. The molecule has 0 heterocycles. The molecule has 6 nitrogen and oxygen atoms in total. The zero-order valence-corrected chi connectivity index (χ0v) is 20.2. The second-order valence-electron chi connectivity index (χ2n) is 6.57. The molecule has 0 bridgehead atoms. The molecule has 2 aromatic rings. The Hall–Kier alpha value is -2.02. The van der Waals surface area contributed by atoms with Gasteiger partial charge in [-0.3, -0.25) is 4.99 Å². The lowest BCUT2D eigenvalue weighted by Gasteiger charge is -2.13. The molecular formula is C20H25F3IN3O3S. The van der Waals surface area contributed by atoms with Crippen LogP contribution in [0, 0.1) is 0 Å². The highest BCUT2D eigenvalue weighted by molar-refractivity contribution is 14.0. The van der Waals surface area contributed by atoms with E-state index in [9.17, 15) is 21.6 Å². The van der Waals surface area contributed by atoms with Gasteiger partial charge in [0.1, 0.15) is 5.75 Å². The van der Waals surface area contributed by atoms with Gasteiger partial charge in [0.05, 0.1) is 4.90 Å². The number of hydrogen-bond acceptors (Lipinski definition) is 4. The maximum absolute atomic E-state index is 12.2. The van der Waals surface area contributed by atoms with Crippen molar-refractivity contribution in [3.8, 4) is 5.75 Å². The van der Waals surface area contributed by atoms with Crippen LogP contribution in [0.4, 0.5) is 13.2 Å². The number of aliphatic imine (C=N–C) groups is 1. The lowest BCUT2D eigenvalue weighted by molar-refractivity contribution is -0.153. The van der Waals surface area contributed by atoms with Crippen molar-refractivity contribution in [3.05, 3.63) is 59.7 Å². The minimum Gasteiger partial charge on any atom is -0.484 e. The molecule has 0 unspecified atom stereocenters. The van der Waals surface area contributed by atoms with Gasteiger partial charge < -0.3 is 15.4 Å². The molecule has 0 aliphatic rings. The predicted molar refractivity (Wildman–Crippen MR) is 125 cm³/mol. The van der Waals surface area contributed by atoms with Crippen molar-refractivity contribution < 1.29 is 26.3 Å². The molecule has 0 radical (unpaired) electrons. The average molecular weight is 571 g/mol. The van der Waals surface area contributed by atoms with Crippen LogP contribution in [-0.2, 0) is 22.8 Å². The third kappa shape index (κ3) is 10.2. The summed E-state index contributed by atoms with van der Waals surface area (Å²) in [5, 5.41) is 6.27. The summed E-state index contributed by atoms with van der Waals surface area (Å²) in [5.41, 5.74) is 1.84. The number of hydrogen-bond donors (Lipinski definition) is 2. The zero-order chi connectivity index (χ0) is 22.2. The highest BCUT2D eigenvalue weighted by Crippen LogP contribution is 2.18. The molecule has 0 saturated carbocycles. The molecule has 0 aliphatic carbocycles. The van der Waals surface area contributed by atoms with Crippen LogP contribution in [0.5, 0.6) is 5.75 Å². The molecule has 0 aliphatic heterocycles. The van der Waals surface area contributed by atoms with Gasteiger partial charge in [-0.15, -0.1) is 24.0 Å². The van der Waals surface area contributed by atoms with E-state index in [2.05, 4.69) is 20.4 Å². The number of guanidine groups is 1. The fraction of sp³-hybridized carbons (Fsp3) is 0.350. The zero-order valence-electron chi connectivity index (χ0n) is 17.1. The Morgan fingerprint density at radius 3 is 2.10 bits per heavy atom. The highest BCUT2D eigenvalue weighted by atomic mass is 127. The van der Waals surface area contributed by atoms with E-state index in [0.717, 1.165) is 11.1 Å². The van der Waals surface area contributed by atoms with Crippen LogP contribution < -0.4 is 15.4 Å². The van der Waals surface area contributed by atoms with Gasteiger partial charge in [0, 0.05) is 26.4 Å². The number of alkyl halides is 3. The first kappa shape index (κ1) is 27.0. The van der Waals surface area contributed by atoms with Crippen LogP contribution >= 0.6 is 24.0 Å². The molecule has 172 valence electrons.